The van der Waals surface area contributed by atoms with Gasteiger partial charge in [0.05, 0.1) is 0 Å². The highest BCUT2D eigenvalue weighted by atomic mass is 16.4. The minimum absolute atomic E-state index is 0.267. The highest BCUT2D eigenvalue weighted by Crippen LogP contribution is 2.10. The number of rotatable bonds is 17. The number of amidine groups is 1. The number of ketones is 1. The van der Waals surface area contributed by atoms with Crippen molar-refractivity contribution in [1.29, 1.82) is 0 Å². The highest BCUT2D eigenvalue weighted by molar-refractivity contribution is 6.36. The quantitative estimate of drug-likeness (QED) is 0.0685. The molecule has 150 valence electrons. The van der Waals surface area contributed by atoms with Crippen molar-refractivity contribution < 1.29 is 14.8 Å². The summed E-state index contributed by atoms with van der Waals surface area (Å²) in [4.78, 5) is 22.3. The molecular formula is C20H37N3O3. The minimum atomic E-state index is -0.453. The fourth-order valence-corrected chi connectivity index (χ4v) is 2.59. The average Bonchev–Trinajstić information content (AvgIpc) is 2.66. The first-order valence-electron chi connectivity index (χ1n) is 10.0. The second kappa shape index (κ2) is 18.0. The average molecular weight is 368 g/mol. The summed E-state index contributed by atoms with van der Waals surface area (Å²) in [6.45, 7) is 2.28. The molecule has 0 atom stereocenters. The third kappa shape index (κ3) is 15.7. The standard InChI is InChI=1S/C20H37N3O3/c1-2-18(24)20(25)22-17-15-13-11-9-7-5-3-4-6-8-10-12-14-16-19(21)23-26/h7,9,26H,2-6,8,10-17H2,1H3,(H2,21,23)(H,22,25)/b9-7-. The zero-order valence-corrected chi connectivity index (χ0v) is 16.3. The van der Waals surface area contributed by atoms with Gasteiger partial charge in [-0.25, -0.2) is 0 Å². The predicted molar refractivity (Wildman–Crippen MR) is 106 cm³/mol. The third-order valence-electron chi connectivity index (χ3n) is 4.26. The van der Waals surface area contributed by atoms with E-state index in [1.165, 1.54) is 32.1 Å². The van der Waals surface area contributed by atoms with E-state index in [9.17, 15) is 9.59 Å². The van der Waals surface area contributed by atoms with Gasteiger partial charge in [0.25, 0.3) is 5.91 Å². The van der Waals surface area contributed by atoms with Crippen molar-refractivity contribution in [3.8, 4) is 0 Å². The van der Waals surface area contributed by atoms with E-state index in [2.05, 4.69) is 22.6 Å². The van der Waals surface area contributed by atoms with Crippen LogP contribution in [0, 0.1) is 0 Å². The van der Waals surface area contributed by atoms with Gasteiger partial charge < -0.3 is 16.3 Å². The van der Waals surface area contributed by atoms with Crippen LogP contribution in [0.15, 0.2) is 17.3 Å². The molecule has 0 aliphatic rings. The fourth-order valence-electron chi connectivity index (χ4n) is 2.59. The van der Waals surface area contributed by atoms with Gasteiger partial charge in [-0.15, -0.1) is 0 Å². The van der Waals surface area contributed by atoms with Crippen molar-refractivity contribution in [2.75, 3.05) is 6.54 Å². The summed E-state index contributed by atoms with van der Waals surface area (Å²) in [7, 11) is 0. The number of hydrogen-bond acceptors (Lipinski definition) is 4. The van der Waals surface area contributed by atoms with Crippen LogP contribution in [0.2, 0.25) is 0 Å². The Labute approximate surface area is 158 Å². The van der Waals surface area contributed by atoms with Crippen LogP contribution in [-0.2, 0) is 9.59 Å². The molecule has 0 aromatic carbocycles. The molecule has 0 aromatic heterocycles. The summed E-state index contributed by atoms with van der Waals surface area (Å²) in [6, 6.07) is 0. The Morgan fingerprint density at radius 1 is 0.923 bits per heavy atom. The zero-order chi connectivity index (χ0) is 19.5. The maximum Gasteiger partial charge on any atom is 0.287 e. The van der Waals surface area contributed by atoms with Gasteiger partial charge in [-0.2, -0.15) is 0 Å². The van der Waals surface area contributed by atoms with Crippen molar-refractivity contribution in [3.63, 3.8) is 0 Å². The summed E-state index contributed by atoms with van der Waals surface area (Å²) in [5.74, 6) is -0.468. The number of carbonyl (C=O) groups is 2. The lowest BCUT2D eigenvalue weighted by atomic mass is 10.1. The fraction of sp³-hybridized carbons (Fsp3) is 0.750. The van der Waals surface area contributed by atoms with Gasteiger partial charge in [0, 0.05) is 19.4 Å². The van der Waals surface area contributed by atoms with Crippen molar-refractivity contribution in [2.24, 2.45) is 10.9 Å². The molecule has 0 aliphatic heterocycles. The molecular weight excluding hydrogens is 330 g/mol. The van der Waals surface area contributed by atoms with Gasteiger partial charge in [0.15, 0.2) is 0 Å². The first kappa shape index (κ1) is 24.1. The predicted octanol–water partition coefficient (Wildman–Crippen LogP) is 4.07. The number of hydrogen-bond donors (Lipinski definition) is 3. The summed E-state index contributed by atoms with van der Waals surface area (Å²) in [5.41, 5.74) is 5.42. The monoisotopic (exact) mass is 367 g/mol. The van der Waals surface area contributed by atoms with E-state index in [4.69, 9.17) is 10.9 Å². The summed E-state index contributed by atoms with van der Waals surface area (Å²) >= 11 is 0. The molecule has 0 heterocycles. The maximum atomic E-state index is 11.3. The van der Waals surface area contributed by atoms with Crippen molar-refractivity contribution in [2.45, 2.75) is 90.4 Å². The second-order valence-corrected chi connectivity index (χ2v) is 6.60. The van der Waals surface area contributed by atoms with E-state index in [-0.39, 0.29) is 12.2 Å². The number of allylic oxidation sites excluding steroid dienone is 2. The molecule has 0 aromatic rings. The molecule has 0 fully saturated rings. The molecule has 0 rings (SSSR count). The Hall–Kier alpha value is -1.85. The van der Waals surface area contributed by atoms with Crippen LogP contribution in [0.1, 0.15) is 90.4 Å². The van der Waals surface area contributed by atoms with Crippen molar-refractivity contribution >= 4 is 17.5 Å². The lowest BCUT2D eigenvalue weighted by Crippen LogP contribution is -2.31. The van der Waals surface area contributed by atoms with Crippen LogP contribution in [0.3, 0.4) is 0 Å². The lowest BCUT2D eigenvalue weighted by molar-refractivity contribution is -0.137. The van der Waals surface area contributed by atoms with Crippen LogP contribution in [-0.4, -0.2) is 29.3 Å². The maximum absolute atomic E-state index is 11.3. The first-order valence-corrected chi connectivity index (χ1v) is 10.0. The Kier molecular flexibility index (Phi) is 16.7. The topological polar surface area (TPSA) is 105 Å². The van der Waals surface area contributed by atoms with Crippen molar-refractivity contribution in [1.82, 2.24) is 5.32 Å². The molecule has 0 bridgehead atoms. The van der Waals surface area contributed by atoms with E-state index < -0.39 is 5.91 Å². The van der Waals surface area contributed by atoms with Crippen LogP contribution in [0.25, 0.3) is 0 Å². The number of amides is 1. The molecule has 4 N–H and O–H groups in total. The molecule has 0 aliphatic carbocycles. The molecule has 1 amide bonds. The van der Waals surface area contributed by atoms with E-state index >= 15 is 0 Å². The Morgan fingerprint density at radius 2 is 1.46 bits per heavy atom. The van der Waals surface area contributed by atoms with Gasteiger partial charge >= 0.3 is 0 Å². The molecule has 0 spiro atoms. The minimum Gasteiger partial charge on any atom is -0.409 e. The van der Waals surface area contributed by atoms with Crippen LogP contribution < -0.4 is 11.1 Å². The van der Waals surface area contributed by atoms with Crippen LogP contribution in [0.4, 0.5) is 0 Å². The number of carbonyl (C=O) groups excluding carboxylic acids is 2. The number of nitrogens with two attached hydrogens (primary N) is 1. The lowest BCUT2D eigenvalue weighted by Gasteiger charge is -2.02. The van der Waals surface area contributed by atoms with Crippen LogP contribution >= 0.6 is 0 Å². The Balaban J connectivity index is 3.27. The van der Waals surface area contributed by atoms with Gasteiger partial charge in [-0.1, -0.05) is 56.3 Å². The van der Waals surface area contributed by atoms with Crippen molar-refractivity contribution in [3.05, 3.63) is 12.2 Å². The molecule has 0 saturated carbocycles. The van der Waals surface area contributed by atoms with Gasteiger partial charge in [0.1, 0.15) is 5.84 Å². The summed E-state index contributed by atoms with van der Waals surface area (Å²) in [6.07, 6.45) is 17.9. The Morgan fingerprint density at radius 3 is 2.04 bits per heavy atom. The summed E-state index contributed by atoms with van der Waals surface area (Å²) in [5, 5.41) is 14.0. The molecule has 26 heavy (non-hydrogen) atoms. The van der Waals surface area contributed by atoms with Crippen LogP contribution in [0.5, 0.6) is 0 Å². The normalized spacial score (nSPS) is 11.8. The molecule has 0 unspecified atom stereocenters. The second-order valence-electron chi connectivity index (χ2n) is 6.60. The highest BCUT2D eigenvalue weighted by Gasteiger charge is 2.08. The first-order chi connectivity index (χ1) is 12.6. The molecule has 6 nitrogen and oxygen atoms in total. The van der Waals surface area contributed by atoms with E-state index in [1.54, 1.807) is 6.92 Å². The molecule has 0 radical (unpaired) electrons. The number of oxime groups is 1. The molecule has 0 saturated heterocycles. The number of unbranched alkanes of at least 4 members (excludes halogenated alkanes) is 9. The van der Waals surface area contributed by atoms with E-state index in [1.807, 2.05) is 0 Å². The molecule has 6 heteroatoms. The van der Waals surface area contributed by atoms with E-state index in [0.29, 0.717) is 18.8 Å². The van der Waals surface area contributed by atoms with Gasteiger partial charge in [0.2, 0.25) is 5.78 Å². The number of nitrogens with zero attached hydrogens (tertiary/aromatic N) is 1. The van der Waals surface area contributed by atoms with E-state index in [0.717, 1.165) is 38.5 Å². The van der Waals surface area contributed by atoms with Gasteiger partial charge in [-0.3, -0.25) is 9.59 Å². The smallest absolute Gasteiger partial charge is 0.287 e. The third-order valence-corrected chi connectivity index (χ3v) is 4.26. The number of nitrogens with one attached hydrogen (secondary N) is 1. The zero-order valence-electron chi connectivity index (χ0n) is 16.3. The SMILES string of the molecule is CCC(=O)C(=O)NCCCC/C=C\CCCCCCCCC/C(N)=N\O. The van der Waals surface area contributed by atoms with Gasteiger partial charge in [-0.05, 0) is 38.5 Å². The Bertz CT molecular complexity index is 434. The largest absolute Gasteiger partial charge is 0.409 e. The number of Topliss-reactive ketones (excluding diaryl/α,β-unsaturated/α-hetero) is 1. The summed E-state index contributed by atoms with van der Waals surface area (Å²) < 4.78 is 0.